The van der Waals surface area contributed by atoms with Crippen molar-refractivity contribution in [1.82, 2.24) is 14.8 Å². The van der Waals surface area contributed by atoms with E-state index in [1.807, 2.05) is 32.0 Å². The molecule has 1 amide bonds. The molecule has 3 aromatic rings. The molecule has 0 aliphatic carbocycles. The molecule has 7 nitrogen and oxygen atoms in total. The Balaban J connectivity index is 1.82. The molecule has 10 heteroatoms. The topological polar surface area (TPSA) is 81.1 Å². The highest BCUT2D eigenvalue weighted by atomic mass is 35.5. The molecular weight excluding hydrogens is 440 g/mol. The second kappa shape index (κ2) is 8.58. The number of anilines is 2. The van der Waals surface area contributed by atoms with Crippen molar-refractivity contribution in [3.63, 3.8) is 0 Å². The van der Waals surface area contributed by atoms with Crippen LogP contribution in [-0.2, 0) is 4.79 Å². The number of nitrogens with zero attached hydrogens (tertiary/aromatic N) is 3. The second-order valence-corrected chi connectivity index (χ2v) is 7.86. The third kappa shape index (κ3) is 4.16. The summed E-state index contributed by atoms with van der Waals surface area (Å²) in [5.74, 6) is -0.169. The minimum Gasteiger partial charge on any atom is -0.434 e. The molecule has 0 saturated heterocycles. The van der Waals surface area contributed by atoms with Crippen LogP contribution in [0.2, 0.25) is 5.02 Å². The number of hydrogen-bond donors (Lipinski definition) is 2. The van der Waals surface area contributed by atoms with Crippen LogP contribution in [0.3, 0.4) is 0 Å². The van der Waals surface area contributed by atoms with Gasteiger partial charge in [0.15, 0.2) is 0 Å². The van der Waals surface area contributed by atoms with Gasteiger partial charge in [0.25, 0.3) is 5.91 Å². The molecule has 2 heterocycles. The zero-order chi connectivity index (χ0) is 23.0. The molecule has 1 aliphatic heterocycles. The smallest absolute Gasteiger partial charge is 0.387 e. The van der Waals surface area contributed by atoms with Gasteiger partial charge in [-0.05, 0) is 50.6 Å². The number of allylic oxidation sites excluding steroid dienone is 1. The largest absolute Gasteiger partial charge is 0.434 e. The van der Waals surface area contributed by atoms with Crippen molar-refractivity contribution in [1.29, 1.82) is 0 Å². The van der Waals surface area contributed by atoms with Gasteiger partial charge in [0.05, 0.1) is 5.57 Å². The third-order valence-corrected chi connectivity index (χ3v) is 5.39. The average Bonchev–Trinajstić information content (AvgIpc) is 3.18. The number of halogens is 3. The number of amides is 1. The van der Waals surface area contributed by atoms with Gasteiger partial charge >= 0.3 is 6.61 Å². The van der Waals surface area contributed by atoms with Gasteiger partial charge in [0.1, 0.15) is 18.1 Å². The van der Waals surface area contributed by atoms with Gasteiger partial charge in [0.2, 0.25) is 5.95 Å². The number of aryl methyl sites for hydroxylation is 2. The molecule has 166 valence electrons. The van der Waals surface area contributed by atoms with Crippen LogP contribution < -0.4 is 15.4 Å². The second-order valence-electron chi connectivity index (χ2n) is 7.43. The Bertz CT molecular complexity index is 1220. The van der Waals surface area contributed by atoms with E-state index >= 15 is 0 Å². The molecule has 0 saturated carbocycles. The maximum atomic E-state index is 13.5. The lowest BCUT2D eigenvalue weighted by Crippen LogP contribution is -2.32. The summed E-state index contributed by atoms with van der Waals surface area (Å²) in [7, 11) is 0. The summed E-state index contributed by atoms with van der Waals surface area (Å²) in [6.45, 7) is 2.51. The highest BCUT2D eigenvalue weighted by Crippen LogP contribution is 2.40. The number of benzene rings is 2. The molecule has 4 rings (SSSR count). The van der Waals surface area contributed by atoms with E-state index in [0.717, 1.165) is 11.1 Å². The van der Waals surface area contributed by atoms with Crippen LogP contribution in [0.5, 0.6) is 5.75 Å². The van der Waals surface area contributed by atoms with Crippen molar-refractivity contribution in [2.75, 3.05) is 10.6 Å². The van der Waals surface area contributed by atoms with Gasteiger partial charge < -0.3 is 15.4 Å². The number of rotatable bonds is 5. The van der Waals surface area contributed by atoms with E-state index in [-0.39, 0.29) is 16.9 Å². The fraction of sp³-hybridized carbons (Fsp3) is 0.227. The lowest BCUT2D eigenvalue weighted by molar-refractivity contribution is -0.113. The van der Waals surface area contributed by atoms with Crippen molar-refractivity contribution in [2.24, 2.45) is 0 Å². The zero-order valence-corrected chi connectivity index (χ0v) is 18.2. The number of nitrogens with one attached hydrogen (secondary N) is 2. The summed E-state index contributed by atoms with van der Waals surface area (Å²) in [5, 5.41) is 10.5. The average molecular weight is 460 g/mol. The minimum absolute atomic E-state index is 0.109. The number of aromatic nitrogens is 3. The van der Waals surface area contributed by atoms with E-state index in [9.17, 15) is 13.6 Å². The minimum atomic E-state index is -3.05. The Morgan fingerprint density at radius 2 is 2.00 bits per heavy atom. The Morgan fingerprint density at radius 3 is 2.72 bits per heavy atom. The number of carbonyl (C=O) groups excluding carboxylic acids is 1. The summed E-state index contributed by atoms with van der Waals surface area (Å²) < 4.78 is 32.4. The van der Waals surface area contributed by atoms with Crippen molar-refractivity contribution in [3.8, 4) is 5.75 Å². The molecule has 2 aromatic carbocycles. The van der Waals surface area contributed by atoms with Crippen LogP contribution in [0.4, 0.5) is 20.4 Å². The molecule has 0 unspecified atom stereocenters. The quantitative estimate of drug-likeness (QED) is 0.556. The molecular formula is C22H20ClF2N5O2. The van der Waals surface area contributed by atoms with E-state index in [4.69, 9.17) is 16.3 Å². The molecule has 32 heavy (non-hydrogen) atoms. The SMILES string of the molecule is CC1=C(C(=O)Nc2ccc(C)cc2C)[C@@H](c2cc(Cl)ccc2OC(F)F)n2ncnc2N1. The van der Waals surface area contributed by atoms with Crippen LogP contribution in [0.25, 0.3) is 0 Å². The number of fused-ring (bicyclic) bond motifs is 1. The molecule has 1 aliphatic rings. The van der Waals surface area contributed by atoms with Crippen molar-refractivity contribution in [2.45, 2.75) is 33.4 Å². The van der Waals surface area contributed by atoms with E-state index in [1.54, 1.807) is 6.92 Å². The van der Waals surface area contributed by atoms with Gasteiger partial charge in [-0.15, -0.1) is 0 Å². The Morgan fingerprint density at radius 1 is 1.22 bits per heavy atom. The fourth-order valence-corrected chi connectivity index (χ4v) is 3.93. The first-order valence-electron chi connectivity index (χ1n) is 9.74. The summed E-state index contributed by atoms with van der Waals surface area (Å²) >= 11 is 6.18. The lowest BCUT2D eigenvalue weighted by Gasteiger charge is -2.30. The molecule has 0 bridgehead atoms. The molecule has 1 atom stereocenters. The maximum absolute atomic E-state index is 13.5. The Kier molecular flexibility index (Phi) is 5.84. The van der Waals surface area contributed by atoms with E-state index in [2.05, 4.69) is 20.7 Å². The van der Waals surface area contributed by atoms with Crippen molar-refractivity contribution in [3.05, 3.63) is 75.7 Å². The standard InChI is InChI=1S/C22H20ClF2N5O2/c1-11-4-6-16(12(2)8-11)29-20(31)18-13(3)28-22-26-10-27-30(22)19(18)15-9-14(23)5-7-17(15)32-21(24)25/h4-10,19,21H,1-3H3,(H,29,31)(H,26,27,28)/t19-/m1/s1. The fourth-order valence-electron chi connectivity index (χ4n) is 3.75. The van der Waals surface area contributed by atoms with Crippen LogP contribution in [0.15, 0.2) is 54.0 Å². The highest BCUT2D eigenvalue weighted by molar-refractivity contribution is 6.30. The summed E-state index contributed by atoms with van der Waals surface area (Å²) in [4.78, 5) is 17.6. The van der Waals surface area contributed by atoms with Crippen LogP contribution >= 0.6 is 11.6 Å². The molecule has 0 spiro atoms. The van der Waals surface area contributed by atoms with E-state index < -0.39 is 18.6 Å². The Hall–Kier alpha value is -3.46. The summed E-state index contributed by atoms with van der Waals surface area (Å²) in [6.07, 6.45) is 1.31. The Labute approximate surface area is 188 Å². The third-order valence-electron chi connectivity index (χ3n) is 5.15. The molecule has 2 N–H and O–H groups in total. The first-order valence-corrected chi connectivity index (χ1v) is 10.1. The monoisotopic (exact) mass is 459 g/mol. The number of hydrogen-bond acceptors (Lipinski definition) is 5. The first-order chi connectivity index (χ1) is 15.2. The van der Waals surface area contributed by atoms with Crippen LogP contribution in [0.1, 0.15) is 29.7 Å². The van der Waals surface area contributed by atoms with Crippen LogP contribution in [0, 0.1) is 13.8 Å². The summed E-state index contributed by atoms with van der Waals surface area (Å²) in [5.41, 5.74) is 3.62. The molecule has 1 aromatic heterocycles. The molecule has 0 radical (unpaired) electrons. The molecule has 0 fully saturated rings. The van der Waals surface area contributed by atoms with Crippen molar-refractivity contribution >= 4 is 29.1 Å². The van der Waals surface area contributed by atoms with Gasteiger partial charge in [-0.1, -0.05) is 29.3 Å². The number of carbonyl (C=O) groups is 1. The zero-order valence-electron chi connectivity index (χ0n) is 17.5. The first kappa shape index (κ1) is 21.8. The van der Waals surface area contributed by atoms with E-state index in [0.29, 0.717) is 22.4 Å². The predicted octanol–water partition coefficient (Wildman–Crippen LogP) is 5.08. The lowest BCUT2D eigenvalue weighted by atomic mass is 9.94. The highest BCUT2D eigenvalue weighted by Gasteiger charge is 2.36. The summed E-state index contributed by atoms with van der Waals surface area (Å²) in [6, 6.07) is 9.03. The van der Waals surface area contributed by atoms with Gasteiger partial charge in [-0.2, -0.15) is 18.9 Å². The number of ether oxygens (including phenoxy) is 1. The van der Waals surface area contributed by atoms with Crippen molar-refractivity contribution < 1.29 is 18.3 Å². The van der Waals surface area contributed by atoms with Crippen LogP contribution in [-0.4, -0.2) is 27.3 Å². The predicted molar refractivity (Wildman–Crippen MR) is 117 cm³/mol. The normalized spacial score (nSPS) is 15.4. The van der Waals surface area contributed by atoms with E-state index in [1.165, 1.54) is 29.2 Å². The maximum Gasteiger partial charge on any atom is 0.387 e. The van der Waals surface area contributed by atoms with Gasteiger partial charge in [-0.3, -0.25) is 4.79 Å². The van der Waals surface area contributed by atoms with Gasteiger partial charge in [0, 0.05) is 22.0 Å². The van der Waals surface area contributed by atoms with Gasteiger partial charge in [-0.25, -0.2) is 4.68 Å². The number of alkyl halides is 2.